The number of benzene rings is 1. The van der Waals surface area contributed by atoms with E-state index in [1.165, 1.54) is 36.8 Å². The highest BCUT2D eigenvalue weighted by atomic mass is 35.5. The molecule has 0 aliphatic heterocycles. The van der Waals surface area contributed by atoms with Gasteiger partial charge in [0.05, 0.1) is 0 Å². The summed E-state index contributed by atoms with van der Waals surface area (Å²) >= 11 is 6.01. The standard InChI is InChI=1S/C15H24ClN/c1-4-6-7-8-15(17-5-2)14-10-9-13(16)11-12(14)3/h9-11,15,17H,4-8H2,1-3H3. The lowest BCUT2D eigenvalue weighted by Gasteiger charge is -2.20. The summed E-state index contributed by atoms with van der Waals surface area (Å²) in [6.07, 6.45) is 5.09. The number of nitrogens with one attached hydrogen (secondary N) is 1. The van der Waals surface area contributed by atoms with Crippen molar-refractivity contribution >= 4 is 11.6 Å². The van der Waals surface area contributed by atoms with Gasteiger partial charge in [-0.15, -0.1) is 0 Å². The van der Waals surface area contributed by atoms with Crippen LogP contribution in [0.3, 0.4) is 0 Å². The molecule has 0 aromatic heterocycles. The van der Waals surface area contributed by atoms with E-state index in [-0.39, 0.29) is 0 Å². The van der Waals surface area contributed by atoms with Gasteiger partial charge in [-0.25, -0.2) is 0 Å². The third kappa shape index (κ3) is 4.69. The molecule has 1 aromatic rings. The molecule has 0 amide bonds. The zero-order valence-corrected chi connectivity index (χ0v) is 12.0. The molecule has 1 unspecified atom stereocenters. The van der Waals surface area contributed by atoms with E-state index >= 15 is 0 Å². The maximum Gasteiger partial charge on any atom is 0.0408 e. The number of unbranched alkanes of at least 4 members (excludes halogenated alkanes) is 2. The summed E-state index contributed by atoms with van der Waals surface area (Å²) in [7, 11) is 0. The van der Waals surface area contributed by atoms with Crippen molar-refractivity contribution in [2.45, 2.75) is 52.5 Å². The molecule has 96 valence electrons. The lowest BCUT2D eigenvalue weighted by molar-refractivity contribution is 0.485. The Bertz CT molecular complexity index is 336. The minimum atomic E-state index is 0.476. The molecule has 0 spiro atoms. The van der Waals surface area contributed by atoms with Crippen molar-refractivity contribution in [3.05, 3.63) is 34.3 Å². The van der Waals surface area contributed by atoms with Gasteiger partial charge in [0.2, 0.25) is 0 Å². The van der Waals surface area contributed by atoms with Crippen LogP contribution < -0.4 is 5.32 Å². The van der Waals surface area contributed by atoms with Crippen molar-refractivity contribution in [1.29, 1.82) is 0 Å². The average molecular weight is 254 g/mol. The predicted molar refractivity (Wildman–Crippen MR) is 76.7 cm³/mol. The minimum Gasteiger partial charge on any atom is -0.310 e. The van der Waals surface area contributed by atoms with E-state index in [0.29, 0.717) is 6.04 Å². The Hall–Kier alpha value is -0.530. The van der Waals surface area contributed by atoms with Crippen LogP contribution in [0.25, 0.3) is 0 Å². The minimum absolute atomic E-state index is 0.476. The third-order valence-corrected chi connectivity index (χ3v) is 3.39. The van der Waals surface area contributed by atoms with Gasteiger partial charge in [0.1, 0.15) is 0 Å². The van der Waals surface area contributed by atoms with Crippen LogP contribution in [0.4, 0.5) is 0 Å². The summed E-state index contributed by atoms with van der Waals surface area (Å²) in [6, 6.07) is 6.69. The molecule has 0 fully saturated rings. The van der Waals surface area contributed by atoms with Crippen molar-refractivity contribution in [3.63, 3.8) is 0 Å². The second-order valence-electron chi connectivity index (χ2n) is 4.61. The van der Waals surface area contributed by atoms with Gasteiger partial charge in [0.25, 0.3) is 0 Å². The Morgan fingerprint density at radius 1 is 1.24 bits per heavy atom. The molecule has 1 aromatic carbocycles. The van der Waals surface area contributed by atoms with E-state index in [2.05, 4.69) is 38.2 Å². The van der Waals surface area contributed by atoms with Gasteiger partial charge >= 0.3 is 0 Å². The zero-order valence-electron chi connectivity index (χ0n) is 11.2. The van der Waals surface area contributed by atoms with Crippen molar-refractivity contribution in [3.8, 4) is 0 Å². The highest BCUT2D eigenvalue weighted by Gasteiger charge is 2.12. The number of aryl methyl sites for hydroxylation is 1. The molecule has 17 heavy (non-hydrogen) atoms. The van der Waals surface area contributed by atoms with E-state index in [4.69, 9.17) is 11.6 Å². The highest BCUT2D eigenvalue weighted by Crippen LogP contribution is 2.25. The van der Waals surface area contributed by atoms with Crippen LogP contribution in [0.5, 0.6) is 0 Å². The molecule has 0 aliphatic carbocycles. The van der Waals surface area contributed by atoms with E-state index in [0.717, 1.165) is 11.6 Å². The first kappa shape index (κ1) is 14.5. The summed E-state index contributed by atoms with van der Waals surface area (Å²) in [5, 5.41) is 4.40. The van der Waals surface area contributed by atoms with E-state index in [9.17, 15) is 0 Å². The fourth-order valence-electron chi connectivity index (χ4n) is 2.24. The Kier molecular flexibility index (Phi) is 6.61. The first-order valence-corrected chi connectivity index (χ1v) is 7.06. The van der Waals surface area contributed by atoms with Gasteiger partial charge in [-0.2, -0.15) is 0 Å². The van der Waals surface area contributed by atoms with Gasteiger partial charge < -0.3 is 5.32 Å². The monoisotopic (exact) mass is 253 g/mol. The topological polar surface area (TPSA) is 12.0 Å². The zero-order chi connectivity index (χ0) is 12.7. The molecular weight excluding hydrogens is 230 g/mol. The van der Waals surface area contributed by atoms with Gasteiger partial charge in [0, 0.05) is 11.1 Å². The van der Waals surface area contributed by atoms with E-state index in [1.54, 1.807) is 0 Å². The third-order valence-electron chi connectivity index (χ3n) is 3.15. The molecule has 0 radical (unpaired) electrons. The summed E-state index contributed by atoms with van der Waals surface area (Å²) < 4.78 is 0. The van der Waals surface area contributed by atoms with Gasteiger partial charge in [-0.1, -0.05) is 50.8 Å². The predicted octanol–water partition coefficient (Wildman–Crippen LogP) is 4.88. The Balaban J connectivity index is 2.74. The van der Waals surface area contributed by atoms with Crippen molar-refractivity contribution in [2.75, 3.05) is 6.54 Å². The van der Waals surface area contributed by atoms with Crippen LogP contribution in [0.1, 0.15) is 56.7 Å². The molecular formula is C15H24ClN. The maximum atomic E-state index is 6.01. The Labute approximate surface area is 111 Å². The number of halogens is 1. The Morgan fingerprint density at radius 3 is 2.59 bits per heavy atom. The van der Waals surface area contributed by atoms with Crippen LogP contribution in [0.15, 0.2) is 18.2 Å². The van der Waals surface area contributed by atoms with Crippen molar-refractivity contribution < 1.29 is 0 Å². The van der Waals surface area contributed by atoms with E-state index in [1.807, 2.05) is 6.07 Å². The lowest BCUT2D eigenvalue weighted by Crippen LogP contribution is -2.21. The number of hydrogen-bond donors (Lipinski definition) is 1. The first-order valence-electron chi connectivity index (χ1n) is 6.68. The van der Waals surface area contributed by atoms with E-state index < -0.39 is 0 Å². The van der Waals surface area contributed by atoms with Crippen LogP contribution >= 0.6 is 11.6 Å². The van der Waals surface area contributed by atoms with Gasteiger partial charge in [-0.3, -0.25) is 0 Å². The van der Waals surface area contributed by atoms with Crippen LogP contribution in [-0.4, -0.2) is 6.54 Å². The van der Waals surface area contributed by atoms with Crippen molar-refractivity contribution in [2.24, 2.45) is 0 Å². The largest absolute Gasteiger partial charge is 0.310 e. The molecule has 0 heterocycles. The molecule has 1 rings (SSSR count). The molecule has 1 nitrogen and oxygen atoms in total. The fraction of sp³-hybridized carbons (Fsp3) is 0.600. The quantitative estimate of drug-likeness (QED) is 0.683. The lowest BCUT2D eigenvalue weighted by atomic mass is 9.96. The maximum absolute atomic E-state index is 6.01. The van der Waals surface area contributed by atoms with Crippen LogP contribution in [0.2, 0.25) is 5.02 Å². The first-order chi connectivity index (χ1) is 8.19. The smallest absolute Gasteiger partial charge is 0.0408 e. The Morgan fingerprint density at radius 2 is 2.00 bits per heavy atom. The number of hydrogen-bond acceptors (Lipinski definition) is 1. The van der Waals surface area contributed by atoms with Crippen LogP contribution in [0, 0.1) is 6.92 Å². The van der Waals surface area contributed by atoms with Gasteiger partial charge in [0.15, 0.2) is 0 Å². The fourth-order valence-corrected chi connectivity index (χ4v) is 2.47. The highest BCUT2D eigenvalue weighted by molar-refractivity contribution is 6.30. The SMILES string of the molecule is CCCCCC(NCC)c1ccc(Cl)cc1C. The van der Waals surface area contributed by atoms with Crippen LogP contribution in [-0.2, 0) is 0 Å². The summed E-state index contributed by atoms with van der Waals surface area (Å²) in [4.78, 5) is 0. The molecule has 1 atom stereocenters. The van der Waals surface area contributed by atoms with Crippen molar-refractivity contribution in [1.82, 2.24) is 5.32 Å². The van der Waals surface area contributed by atoms with Gasteiger partial charge in [-0.05, 0) is 43.1 Å². The summed E-state index contributed by atoms with van der Waals surface area (Å²) in [5.74, 6) is 0. The molecule has 0 saturated carbocycles. The molecule has 0 aliphatic rings. The normalized spacial score (nSPS) is 12.7. The average Bonchev–Trinajstić information content (AvgIpc) is 2.28. The molecule has 1 N–H and O–H groups in total. The molecule has 0 saturated heterocycles. The summed E-state index contributed by atoms with van der Waals surface area (Å²) in [6.45, 7) is 7.57. The second kappa shape index (κ2) is 7.73. The molecule has 0 bridgehead atoms. The number of rotatable bonds is 7. The molecule has 2 heteroatoms. The summed E-state index contributed by atoms with van der Waals surface area (Å²) in [5.41, 5.74) is 2.69. The second-order valence-corrected chi connectivity index (χ2v) is 5.04.